The van der Waals surface area contributed by atoms with Gasteiger partial charge in [-0.25, -0.2) is 4.98 Å². The zero-order valence-electron chi connectivity index (χ0n) is 23.8. The molecule has 0 unspecified atom stereocenters. The predicted octanol–water partition coefficient (Wildman–Crippen LogP) is 5.95. The minimum atomic E-state index is -0.0209. The maximum Gasteiger partial charge on any atom is 0.273 e. The second kappa shape index (κ2) is 13.0. The van der Waals surface area contributed by atoms with Crippen molar-refractivity contribution in [2.24, 2.45) is 0 Å². The standard InChI is InChI=1S/C32H29ClN6O3S2/c33-24-7-4-8-25(17-24)39-29(16-22-5-2-1-3-6-22)35-36-32(39)44-20-30-34-26(19-43-30)31(40)38-13-11-37(12-14-38)18-23-9-10-27-28(15-23)42-21-41-27/h1-10,15,17,19H,11-14,16,18,20-21H2. The summed E-state index contributed by atoms with van der Waals surface area (Å²) in [4.78, 5) is 22.3. The van der Waals surface area contributed by atoms with Crippen molar-refractivity contribution in [3.05, 3.63) is 111 Å². The van der Waals surface area contributed by atoms with Gasteiger partial charge < -0.3 is 14.4 Å². The predicted molar refractivity (Wildman–Crippen MR) is 171 cm³/mol. The Morgan fingerprint density at radius 3 is 2.59 bits per heavy atom. The Kier molecular flexibility index (Phi) is 8.52. The summed E-state index contributed by atoms with van der Waals surface area (Å²) in [5.41, 5.74) is 3.73. The number of hydrogen-bond acceptors (Lipinski definition) is 9. The first kappa shape index (κ1) is 28.8. The molecule has 0 radical (unpaired) electrons. The third kappa shape index (κ3) is 6.46. The highest BCUT2D eigenvalue weighted by Gasteiger charge is 2.25. The Bertz CT molecular complexity index is 1770. The molecule has 0 spiro atoms. The number of carbonyl (C=O) groups is 1. The van der Waals surface area contributed by atoms with E-state index < -0.39 is 0 Å². The highest BCUT2D eigenvalue weighted by atomic mass is 35.5. The van der Waals surface area contributed by atoms with Gasteiger partial charge in [-0.3, -0.25) is 14.3 Å². The largest absolute Gasteiger partial charge is 0.454 e. The highest BCUT2D eigenvalue weighted by molar-refractivity contribution is 7.98. The number of rotatable bonds is 9. The molecule has 0 aliphatic carbocycles. The second-order valence-electron chi connectivity index (χ2n) is 10.5. The highest BCUT2D eigenvalue weighted by Crippen LogP contribution is 2.33. The lowest BCUT2D eigenvalue weighted by Gasteiger charge is -2.34. The van der Waals surface area contributed by atoms with Crippen LogP contribution in [0.2, 0.25) is 5.02 Å². The van der Waals surface area contributed by atoms with E-state index in [-0.39, 0.29) is 12.7 Å². The molecule has 7 rings (SSSR count). The molecule has 0 bridgehead atoms. The summed E-state index contributed by atoms with van der Waals surface area (Å²) in [5.74, 6) is 2.97. The molecular weight excluding hydrogens is 616 g/mol. The smallest absolute Gasteiger partial charge is 0.273 e. The zero-order valence-corrected chi connectivity index (χ0v) is 26.2. The summed E-state index contributed by atoms with van der Waals surface area (Å²) >= 11 is 9.39. The number of thiazole rings is 1. The summed E-state index contributed by atoms with van der Waals surface area (Å²) in [6.07, 6.45) is 0.640. The molecule has 1 amide bonds. The van der Waals surface area contributed by atoms with Crippen molar-refractivity contribution in [1.29, 1.82) is 0 Å². The first-order valence-electron chi connectivity index (χ1n) is 14.3. The zero-order chi connectivity index (χ0) is 29.9. The number of ether oxygens (including phenoxy) is 2. The molecule has 44 heavy (non-hydrogen) atoms. The van der Waals surface area contributed by atoms with E-state index in [9.17, 15) is 4.79 Å². The molecule has 12 heteroatoms. The van der Waals surface area contributed by atoms with E-state index in [0.29, 0.717) is 36.0 Å². The molecule has 4 heterocycles. The van der Waals surface area contributed by atoms with Crippen molar-refractivity contribution < 1.29 is 14.3 Å². The molecule has 1 saturated heterocycles. The summed E-state index contributed by atoms with van der Waals surface area (Å²) in [6, 6.07) is 24.0. The Morgan fingerprint density at radius 2 is 1.75 bits per heavy atom. The number of aromatic nitrogens is 4. The molecule has 5 aromatic rings. The number of fused-ring (bicyclic) bond motifs is 1. The molecule has 2 aromatic heterocycles. The average Bonchev–Trinajstić information content (AvgIpc) is 3.81. The van der Waals surface area contributed by atoms with Gasteiger partial charge in [0.1, 0.15) is 16.5 Å². The number of halogens is 1. The van der Waals surface area contributed by atoms with Crippen LogP contribution in [-0.4, -0.2) is 68.4 Å². The monoisotopic (exact) mass is 644 g/mol. The van der Waals surface area contributed by atoms with Gasteiger partial charge in [0.15, 0.2) is 16.7 Å². The Hall–Kier alpha value is -3.90. The van der Waals surface area contributed by atoms with Crippen LogP contribution in [0.15, 0.2) is 83.3 Å². The number of carbonyl (C=O) groups excluding carboxylic acids is 1. The van der Waals surface area contributed by atoms with Crippen LogP contribution in [0.5, 0.6) is 11.5 Å². The third-order valence-corrected chi connectivity index (χ3v) is 9.78. The molecule has 224 valence electrons. The van der Waals surface area contributed by atoms with Crippen LogP contribution in [0.1, 0.15) is 32.4 Å². The van der Waals surface area contributed by atoms with Crippen molar-refractivity contribution in [3.63, 3.8) is 0 Å². The number of piperazine rings is 1. The molecule has 1 fully saturated rings. The van der Waals surface area contributed by atoms with Crippen molar-refractivity contribution in [2.75, 3.05) is 33.0 Å². The number of nitrogens with zero attached hydrogens (tertiary/aromatic N) is 6. The lowest BCUT2D eigenvalue weighted by molar-refractivity contribution is 0.0623. The Balaban J connectivity index is 0.979. The Morgan fingerprint density at radius 1 is 0.909 bits per heavy atom. The van der Waals surface area contributed by atoms with Crippen molar-refractivity contribution in [2.45, 2.75) is 23.9 Å². The van der Waals surface area contributed by atoms with Gasteiger partial charge in [-0.05, 0) is 41.5 Å². The number of amides is 1. The summed E-state index contributed by atoms with van der Waals surface area (Å²) in [5, 5.41) is 13.2. The van der Waals surface area contributed by atoms with Crippen molar-refractivity contribution in [3.8, 4) is 17.2 Å². The molecule has 9 nitrogen and oxygen atoms in total. The molecule has 0 N–H and O–H groups in total. The summed E-state index contributed by atoms with van der Waals surface area (Å²) < 4.78 is 13.0. The first-order valence-corrected chi connectivity index (χ1v) is 16.5. The van der Waals surface area contributed by atoms with Crippen LogP contribution in [-0.2, 0) is 18.7 Å². The minimum absolute atomic E-state index is 0.0209. The van der Waals surface area contributed by atoms with Gasteiger partial charge in [-0.1, -0.05) is 65.8 Å². The van der Waals surface area contributed by atoms with Gasteiger partial charge in [0.05, 0.1) is 11.4 Å². The van der Waals surface area contributed by atoms with Crippen LogP contribution in [0, 0.1) is 0 Å². The van der Waals surface area contributed by atoms with E-state index >= 15 is 0 Å². The molecule has 3 aromatic carbocycles. The quantitative estimate of drug-likeness (QED) is 0.182. The minimum Gasteiger partial charge on any atom is -0.454 e. The van der Waals surface area contributed by atoms with Crippen molar-refractivity contribution >= 4 is 40.6 Å². The number of benzene rings is 3. The molecule has 0 saturated carbocycles. The van der Waals surface area contributed by atoms with E-state index in [1.54, 1.807) is 11.8 Å². The SMILES string of the molecule is O=C(c1csc(CSc2nnc(Cc3ccccc3)n2-c2cccc(Cl)c2)n1)N1CCN(Cc2ccc3c(c2)OCO3)CC1. The fourth-order valence-electron chi connectivity index (χ4n) is 5.33. The lowest BCUT2D eigenvalue weighted by atomic mass is 10.1. The van der Waals surface area contributed by atoms with Crippen LogP contribution in [0.25, 0.3) is 5.69 Å². The van der Waals surface area contributed by atoms with E-state index in [1.165, 1.54) is 16.9 Å². The first-order chi connectivity index (χ1) is 21.6. The van der Waals surface area contributed by atoms with E-state index in [4.69, 9.17) is 26.1 Å². The van der Waals surface area contributed by atoms with Gasteiger partial charge in [-0.15, -0.1) is 21.5 Å². The fourth-order valence-corrected chi connectivity index (χ4v) is 7.27. The third-order valence-electron chi connectivity index (χ3n) is 7.57. The van der Waals surface area contributed by atoms with Crippen molar-refractivity contribution in [1.82, 2.24) is 29.5 Å². The molecule has 2 aliphatic heterocycles. The maximum absolute atomic E-state index is 13.3. The average molecular weight is 645 g/mol. The van der Waals surface area contributed by atoms with Gasteiger partial charge in [-0.2, -0.15) is 0 Å². The second-order valence-corrected chi connectivity index (χ2v) is 12.9. The fraction of sp³-hybridized carbons (Fsp3) is 0.250. The molecule has 0 atom stereocenters. The maximum atomic E-state index is 13.3. The van der Waals surface area contributed by atoms with Crippen LogP contribution in [0.3, 0.4) is 0 Å². The van der Waals surface area contributed by atoms with E-state index in [0.717, 1.165) is 58.4 Å². The van der Waals surface area contributed by atoms with Crippen LogP contribution < -0.4 is 9.47 Å². The van der Waals surface area contributed by atoms with E-state index in [2.05, 4.69) is 33.3 Å². The molecular formula is C32H29ClN6O3S2. The topological polar surface area (TPSA) is 85.6 Å². The summed E-state index contributed by atoms with van der Waals surface area (Å²) in [7, 11) is 0. The number of thioether (sulfide) groups is 1. The van der Waals surface area contributed by atoms with Gasteiger partial charge >= 0.3 is 0 Å². The van der Waals surface area contributed by atoms with Gasteiger partial charge in [0.25, 0.3) is 5.91 Å². The molecule has 2 aliphatic rings. The van der Waals surface area contributed by atoms with Gasteiger partial charge in [0, 0.05) is 49.5 Å². The van der Waals surface area contributed by atoms with E-state index in [1.807, 2.05) is 69.4 Å². The van der Waals surface area contributed by atoms with Crippen LogP contribution in [0.4, 0.5) is 0 Å². The lowest BCUT2D eigenvalue weighted by Crippen LogP contribution is -2.48. The normalized spacial score (nSPS) is 14.7. The van der Waals surface area contributed by atoms with Gasteiger partial charge in [0.2, 0.25) is 6.79 Å². The number of hydrogen-bond donors (Lipinski definition) is 0. The summed E-state index contributed by atoms with van der Waals surface area (Å²) in [6.45, 7) is 4.02. The Labute approximate surface area is 268 Å². The van der Waals surface area contributed by atoms with Crippen LogP contribution >= 0.6 is 34.7 Å².